The van der Waals surface area contributed by atoms with Gasteiger partial charge in [-0.3, -0.25) is 9.78 Å². The van der Waals surface area contributed by atoms with Crippen LogP contribution in [-0.2, 0) is 4.79 Å². The van der Waals surface area contributed by atoms with E-state index in [4.69, 9.17) is 0 Å². The zero-order valence-electron chi connectivity index (χ0n) is 11.8. The van der Waals surface area contributed by atoms with Crippen LogP contribution in [0.2, 0.25) is 0 Å². The van der Waals surface area contributed by atoms with Crippen molar-refractivity contribution in [2.45, 2.75) is 13.8 Å². The zero-order chi connectivity index (χ0) is 15.4. The van der Waals surface area contributed by atoms with Gasteiger partial charge in [-0.25, -0.2) is 4.79 Å². The summed E-state index contributed by atoms with van der Waals surface area (Å²) in [6.07, 6.45) is 1.39. The van der Waals surface area contributed by atoms with Gasteiger partial charge in [-0.2, -0.15) is 0 Å². The second-order valence-electron chi connectivity index (χ2n) is 4.74. The molecule has 0 unspecified atom stereocenters. The van der Waals surface area contributed by atoms with Gasteiger partial charge in [0.15, 0.2) is 5.78 Å². The Morgan fingerprint density at radius 1 is 1.05 bits per heavy atom. The van der Waals surface area contributed by atoms with Gasteiger partial charge in [-0.05, 0) is 37.6 Å². The SMILES string of the molecule is Cc1cc(C=C(C(=O)O)C(=O)c2ccccc2)cc(C)n1. The van der Waals surface area contributed by atoms with Crippen LogP contribution >= 0.6 is 0 Å². The van der Waals surface area contributed by atoms with Gasteiger partial charge in [-0.15, -0.1) is 0 Å². The van der Waals surface area contributed by atoms with E-state index in [0.29, 0.717) is 11.1 Å². The molecule has 106 valence electrons. The molecule has 0 aliphatic carbocycles. The molecule has 0 spiro atoms. The topological polar surface area (TPSA) is 67.3 Å². The van der Waals surface area contributed by atoms with Crippen LogP contribution in [0.3, 0.4) is 0 Å². The lowest BCUT2D eigenvalue weighted by Gasteiger charge is -2.04. The Kier molecular flexibility index (Phi) is 4.28. The van der Waals surface area contributed by atoms with E-state index in [2.05, 4.69) is 4.98 Å². The fourth-order valence-corrected chi connectivity index (χ4v) is 2.09. The van der Waals surface area contributed by atoms with Crippen LogP contribution < -0.4 is 0 Å². The number of hydrogen-bond donors (Lipinski definition) is 1. The molecule has 4 heteroatoms. The number of carboxylic acid groups (broad SMARTS) is 1. The highest BCUT2D eigenvalue weighted by molar-refractivity contribution is 6.26. The number of aryl methyl sites for hydroxylation is 2. The molecule has 0 aliphatic rings. The average molecular weight is 281 g/mol. The molecule has 1 N–H and O–H groups in total. The lowest BCUT2D eigenvalue weighted by molar-refractivity contribution is -0.132. The van der Waals surface area contributed by atoms with Gasteiger partial charge in [0.2, 0.25) is 0 Å². The van der Waals surface area contributed by atoms with E-state index in [9.17, 15) is 14.7 Å². The van der Waals surface area contributed by atoms with Gasteiger partial charge in [0.05, 0.1) is 0 Å². The van der Waals surface area contributed by atoms with E-state index < -0.39 is 11.8 Å². The molecule has 21 heavy (non-hydrogen) atoms. The smallest absolute Gasteiger partial charge is 0.339 e. The average Bonchev–Trinajstić information content (AvgIpc) is 2.43. The second kappa shape index (κ2) is 6.13. The van der Waals surface area contributed by atoms with Crippen molar-refractivity contribution in [3.63, 3.8) is 0 Å². The third-order valence-corrected chi connectivity index (χ3v) is 2.93. The summed E-state index contributed by atoms with van der Waals surface area (Å²) in [5, 5.41) is 9.30. The zero-order valence-corrected chi connectivity index (χ0v) is 11.8. The Hall–Kier alpha value is -2.75. The first-order valence-corrected chi connectivity index (χ1v) is 6.47. The summed E-state index contributed by atoms with van der Waals surface area (Å²) < 4.78 is 0. The Labute approximate surface area is 122 Å². The highest BCUT2D eigenvalue weighted by Crippen LogP contribution is 2.15. The second-order valence-corrected chi connectivity index (χ2v) is 4.74. The van der Waals surface area contributed by atoms with Crippen molar-refractivity contribution in [3.8, 4) is 0 Å². The summed E-state index contributed by atoms with van der Waals surface area (Å²) in [5.74, 6) is -1.74. The number of carboxylic acids is 1. The molecular weight excluding hydrogens is 266 g/mol. The summed E-state index contributed by atoms with van der Waals surface area (Å²) in [4.78, 5) is 27.9. The molecule has 0 saturated carbocycles. The molecule has 0 atom stereocenters. The summed E-state index contributed by atoms with van der Waals surface area (Å²) in [6.45, 7) is 3.65. The number of rotatable bonds is 4. The number of aliphatic carboxylic acids is 1. The highest BCUT2D eigenvalue weighted by Gasteiger charge is 2.19. The van der Waals surface area contributed by atoms with Gasteiger partial charge in [0.25, 0.3) is 0 Å². The monoisotopic (exact) mass is 281 g/mol. The molecule has 2 rings (SSSR count). The van der Waals surface area contributed by atoms with E-state index in [0.717, 1.165) is 11.4 Å². The molecule has 0 radical (unpaired) electrons. The predicted molar refractivity (Wildman–Crippen MR) is 80.1 cm³/mol. The molecule has 0 saturated heterocycles. The first-order chi connectivity index (χ1) is 9.97. The molecule has 1 aromatic heterocycles. The van der Waals surface area contributed by atoms with Gasteiger partial charge < -0.3 is 5.11 Å². The molecule has 0 bridgehead atoms. The Bertz CT molecular complexity index is 698. The quantitative estimate of drug-likeness (QED) is 0.405. The summed E-state index contributed by atoms with van der Waals surface area (Å²) >= 11 is 0. The maximum atomic E-state index is 12.3. The van der Waals surface area contributed by atoms with Gasteiger partial charge >= 0.3 is 5.97 Å². The normalized spacial score (nSPS) is 11.2. The van der Waals surface area contributed by atoms with E-state index >= 15 is 0 Å². The minimum Gasteiger partial charge on any atom is -0.478 e. The molecule has 2 aromatic rings. The van der Waals surface area contributed by atoms with E-state index in [1.54, 1.807) is 42.5 Å². The Balaban J connectivity index is 2.46. The third-order valence-electron chi connectivity index (χ3n) is 2.93. The van der Waals surface area contributed by atoms with E-state index in [1.807, 2.05) is 13.8 Å². The predicted octanol–water partition coefficient (Wildman–Crippen LogP) is 3.05. The number of benzene rings is 1. The molecule has 0 amide bonds. The van der Waals surface area contributed by atoms with Crippen LogP contribution in [0, 0.1) is 13.8 Å². The summed E-state index contributed by atoms with van der Waals surface area (Å²) in [5.41, 5.74) is 2.30. The maximum Gasteiger partial charge on any atom is 0.339 e. The number of hydrogen-bond acceptors (Lipinski definition) is 3. The molecule has 1 aromatic carbocycles. The Morgan fingerprint density at radius 3 is 2.14 bits per heavy atom. The number of aromatic nitrogens is 1. The van der Waals surface area contributed by atoms with Crippen LogP contribution in [-0.4, -0.2) is 21.8 Å². The molecule has 1 heterocycles. The fraction of sp³-hybridized carbons (Fsp3) is 0.118. The van der Waals surface area contributed by atoms with Gasteiger partial charge in [-0.1, -0.05) is 30.3 Å². The van der Waals surface area contributed by atoms with Crippen LogP contribution in [0.5, 0.6) is 0 Å². The lowest BCUT2D eigenvalue weighted by Crippen LogP contribution is -2.12. The molecule has 0 fully saturated rings. The van der Waals surface area contributed by atoms with Crippen molar-refractivity contribution in [1.29, 1.82) is 0 Å². The highest BCUT2D eigenvalue weighted by atomic mass is 16.4. The summed E-state index contributed by atoms with van der Waals surface area (Å²) in [6, 6.07) is 11.9. The fourth-order valence-electron chi connectivity index (χ4n) is 2.09. The van der Waals surface area contributed by atoms with Crippen LogP contribution in [0.4, 0.5) is 0 Å². The number of Topliss-reactive ketones (excluding diaryl/α,β-unsaturated/α-hetero) is 1. The number of pyridine rings is 1. The number of carbonyl (C=O) groups is 2. The Morgan fingerprint density at radius 2 is 1.62 bits per heavy atom. The van der Waals surface area contributed by atoms with Crippen LogP contribution in [0.1, 0.15) is 27.3 Å². The largest absolute Gasteiger partial charge is 0.478 e. The molecule has 4 nitrogen and oxygen atoms in total. The first kappa shape index (κ1) is 14.7. The van der Waals surface area contributed by atoms with Crippen LogP contribution in [0.15, 0.2) is 48.0 Å². The van der Waals surface area contributed by atoms with Crippen molar-refractivity contribution < 1.29 is 14.7 Å². The number of nitrogens with zero attached hydrogens (tertiary/aromatic N) is 1. The molecule has 0 aliphatic heterocycles. The number of carbonyl (C=O) groups excluding carboxylic acids is 1. The first-order valence-electron chi connectivity index (χ1n) is 6.47. The third kappa shape index (κ3) is 3.63. The molecular formula is C17H15NO3. The number of ketones is 1. The minimum absolute atomic E-state index is 0.258. The van der Waals surface area contributed by atoms with Crippen molar-refractivity contribution >= 4 is 17.8 Å². The van der Waals surface area contributed by atoms with Gasteiger partial charge in [0, 0.05) is 17.0 Å². The van der Waals surface area contributed by atoms with Gasteiger partial charge in [0.1, 0.15) is 5.57 Å². The van der Waals surface area contributed by atoms with E-state index in [-0.39, 0.29) is 5.57 Å². The van der Waals surface area contributed by atoms with Crippen molar-refractivity contribution in [1.82, 2.24) is 4.98 Å². The summed E-state index contributed by atoms with van der Waals surface area (Å²) in [7, 11) is 0. The van der Waals surface area contributed by atoms with Crippen LogP contribution in [0.25, 0.3) is 6.08 Å². The standard InChI is InChI=1S/C17H15NO3/c1-11-8-13(9-12(2)18-11)10-15(17(20)21)16(19)14-6-4-3-5-7-14/h3-10H,1-2H3,(H,20,21). The minimum atomic E-state index is -1.24. The van der Waals surface area contributed by atoms with Crippen molar-refractivity contribution in [2.24, 2.45) is 0 Å². The lowest BCUT2D eigenvalue weighted by atomic mass is 10.0. The van der Waals surface area contributed by atoms with E-state index in [1.165, 1.54) is 6.08 Å². The maximum absolute atomic E-state index is 12.3. The van der Waals surface area contributed by atoms with Crippen molar-refractivity contribution in [2.75, 3.05) is 0 Å². The van der Waals surface area contributed by atoms with Crippen molar-refractivity contribution in [3.05, 3.63) is 70.6 Å².